The van der Waals surface area contributed by atoms with Gasteiger partial charge in [0.25, 0.3) is 0 Å². The zero-order valence-corrected chi connectivity index (χ0v) is 30.5. The molecule has 8 radical (unpaired) electrons. The SMILES string of the molecule is CCCC.CCCC.CCCC.CCCC.CCCC.CCCC.[C+]1=CC=C[C-]=C1.[Sn].[Sn]. The Bertz CT molecular complexity index is 177. The normalized spacial score (nSPS) is 8.38. The van der Waals surface area contributed by atoms with Crippen molar-refractivity contribution in [1.82, 2.24) is 0 Å². The molecule has 192 valence electrons. The zero-order valence-electron chi connectivity index (χ0n) is 24.8. The van der Waals surface area contributed by atoms with Crippen molar-refractivity contribution in [2.45, 2.75) is 160 Å². The Morgan fingerprint density at radius 2 is 0.656 bits per heavy atom. The van der Waals surface area contributed by atoms with E-state index in [1.165, 1.54) is 77.0 Å². The standard InChI is InChI=1S/C6H4.6C4H10.2Sn/c1-2-4-6-5-3-1;6*1-3-4-2;;/h1-3,6H;6*3-4H2,1-2H3;;. The summed E-state index contributed by atoms with van der Waals surface area (Å²) in [7, 11) is 0. The molecule has 0 N–H and O–H groups in total. The maximum absolute atomic E-state index is 2.84. The van der Waals surface area contributed by atoms with E-state index < -0.39 is 0 Å². The van der Waals surface area contributed by atoms with Gasteiger partial charge >= 0.3 is 0 Å². The van der Waals surface area contributed by atoms with E-state index in [9.17, 15) is 0 Å². The fraction of sp³-hybridized carbons (Fsp3) is 0.800. The van der Waals surface area contributed by atoms with Crippen molar-refractivity contribution in [3.8, 4) is 0 Å². The molecule has 0 aromatic carbocycles. The van der Waals surface area contributed by atoms with Gasteiger partial charge in [-0.3, -0.25) is 0 Å². The molecule has 0 atom stereocenters. The van der Waals surface area contributed by atoms with E-state index in [1.807, 2.05) is 18.2 Å². The van der Waals surface area contributed by atoms with Crippen LogP contribution < -0.4 is 0 Å². The van der Waals surface area contributed by atoms with Crippen molar-refractivity contribution in [3.05, 3.63) is 36.5 Å². The third-order valence-corrected chi connectivity index (χ3v) is 3.55. The predicted molar refractivity (Wildman–Crippen MR) is 160 cm³/mol. The predicted octanol–water partition coefficient (Wildman–Crippen LogP) is 11.4. The molecule has 0 aromatic heterocycles. The maximum Gasteiger partial charge on any atom is 0 e. The first-order chi connectivity index (χ1) is 14.5. The molecule has 0 spiro atoms. The molecule has 32 heavy (non-hydrogen) atoms. The molecule has 0 amide bonds. The number of allylic oxidation sites excluding steroid dienone is 6. The van der Waals surface area contributed by atoms with Crippen molar-refractivity contribution in [1.29, 1.82) is 0 Å². The van der Waals surface area contributed by atoms with Crippen LogP contribution in [0.3, 0.4) is 0 Å². The van der Waals surface area contributed by atoms with Crippen molar-refractivity contribution in [2.24, 2.45) is 0 Å². The molecule has 0 bridgehead atoms. The summed E-state index contributed by atoms with van der Waals surface area (Å²) in [6.45, 7) is 26.2. The minimum absolute atomic E-state index is 0. The van der Waals surface area contributed by atoms with Gasteiger partial charge in [0, 0.05) is 47.8 Å². The number of hydrogen-bond donors (Lipinski definition) is 0. The van der Waals surface area contributed by atoms with Gasteiger partial charge in [0.05, 0.1) is 0 Å². The summed E-state index contributed by atoms with van der Waals surface area (Å²) in [5.41, 5.74) is 0. The largest absolute Gasteiger partial charge is 0.120 e. The molecule has 0 saturated heterocycles. The Labute approximate surface area is 242 Å². The van der Waals surface area contributed by atoms with Crippen LogP contribution in [0.2, 0.25) is 0 Å². The van der Waals surface area contributed by atoms with Crippen molar-refractivity contribution >= 4 is 47.8 Å². The molecule has 0 fully saturated rings. The minimum Gasteiger partial charge on any atom is -0.120 e. The van der Waals surface area contributed by atoms with Gasteiger partial charge in [0.1, 0.15) is 0 Å². The molecule has 0 aromatic rings. The van der Waals surface area contributed by atoms with E-state index in [-0.39, 0.29) is 47.8 Å². The molecular weight excluding hydrogens is 598 g/mol. The topological polar surface area (TPSA) is 0 Å². The third kappa shape index (κ3) is 168. The fourth-order valence-electron chi connectivity index (χ4n) is 0.304. The Kier molecular flexibility index (Phi) is 144. The minimum atomic E-state index is 0. The maximum atomic E-state index is 2.84. The summed E-state index contributed by atoms with van der Waals surface area (Å²) in [4.78, 5) is 0. The molecule has 0 saturated carbocycles. The molecule has 0 heterocycles. The first kappa shape index (κ1) is 53.9. The first-order valence-corrected chi connectivity index (χ1v) is 13.3. The average Bonchev–Trinajstić information content (AvgIpc) is 2.85. The van der Waals surface area contributed by atoms with Gasteiger partial charge in [-0.05, 0) is 18.2 Å². The molecule has 0 aliphatic heterocycles. The van der Waals surface area contributed by atoms with E-state index in [1.54, 1.807) is 6.08 Å². The second kappa shape index (κ2) is 85.4. The molecule has 1 aliphatic rings. The molecular formula is C30H64Sn2. The van der Waals surface area contributed by atoms with Crippen molar-refractivity contribution in [2.75, 3.05) is 0 Å². The van der Waals surface area contributed by atoms with Gasteiger partial charge in [-0.25, -0.2) is 0 Å². The Hall–Kier alpha value is 0.727. The van der Waals surface area contributed by atoms with Gasteiger partial charge < -0.3 is 0 Å². The molecule has 0 unspecified atom stereocenters. The molecule has 2 heteroatoms. The second-order valence-corrected chi connectivity index (χ2v) is 7.00. The average molecular weight is 662 g/mol. The monoisotopic (exact) mass is 664 g/mol. The Morgan fingerprint density at radius 1 is 0.438 bits per heavy atom. The van der Waals surface area contributed by atoms with Crippen LogP contribution in [0, 0.1) is 12.2 Å². The van der Waals surface area contributed by atoms with Gasteiger partial charge in [0.2, 0.25) is 0 Å². The Balaban J connectivity index is -0.0000000349. The summed E-state index contributed by atoms with van der Waals surface area (Å²) in [6.07, 6.45) is 28.8. The van der Waals surface area contributed by atoms with E-state index in [4.69, 9.17) is 0 Å². The summed E-state index contributed by atoms with van der Waals surface area (Å²) >= 11 is 0. The van der Waals surface area contributed by atoms with Crippen LogP contribution in [-0.2, 0) is 0 Å². The number of rotatable bonds is 6. The van der Waals surface area contributed by atoms with Crippen LogP contribution in [0.25, 0.3) is 0 Å². The number of unbranched alkanes of at least 4 members (excludes halogenated alkanes) is 6. The summed E-state index contributed by atoms with van der Waals surface area (Å²) < 4.78 is 0. The summed E-state index contributed by atoms with van der Waals surface area (Å²) in [6, 6.07) is 0. The first-order valence-electron chi connectivity index (χ1n) is 13.3. The second-order valence-electron chi connectivity index (χ2n) is 7.00. The molecule has 0 nitrogen and oxygen atoms in total. The van der Waals surface area contributed by atoms with Gasteiger partial charge in [-0.2, -0.15) is 0 Å². The molecule has 1 aliphatic carbocycles. The van der Waals surface area contributed by atoms with Gasteiger partial charge in [-0.15, -0.1) is 6.08 Å². The van der Waals surface area contributed by atoms with E-state index in [0.29, 0.717) is 0 Å². The number of hydrogen-bond acceptors (Lipinski definition) is 0. The van der Waals surface area contributed by atoms with E-state index >= 15 is 0 Å². The van der Waals surface area contributed by atoms with Crippen LogP contribution in [0.15, 0.2) is 24.3 Å². The smallest absolute Gasteiger partial charge is 0 e. The Morgan fingerprint density at radius 3 is 0.688 bits per heavy atom. The van der Waals surface area contributed by atoms with Crippen LogP contribution in [0.4, 0.5) is 0 Å². The third-order valence-electron chi connectivity index (χ3n) is 3.55. The summed E-state index contributed by atoms with van der Waals surface area (Å²) in [5.74, 6) is 0. The van der Waals surface area contributed by atoms with Crippen LogP contribution in [0.1, 0.15) is 160 Å². The summed E-state index contributed by atoms with van der Waals surface area (Å²) in [5, 5.41) is 0. The van der Waals surface area contributed by atoms with E-state index in [0.717, 1.165) is 0 Å². The fourth-order valence-corrected chi connectivity index (χ4v) is 0.304. The quantitative estimate of drug-likeness (QED) is 0.196. The zero-order chi connectivity index (χ0) is 24.7. The van der Waals surface area contributed by atoms with Gasteiger partial charge in [0.15, 0.2) is 0 Å². The van der Waals surface area contributed by atoms with Crippen LogP contribution in [-0.4, -0.2) is 47.8 Å². The van der Waals surface area contributed by atoms with Crippen molar-refractivity contribution < 1.29 is 0 Å². The van der Waals surface area contributed by atoms with Crippen LogP contribution in [0.5, 0.6) is 0 Å². The molecule has 1 rings (SSSR count). The van der Waals surface area contributed by atoms with Crippen LogP contribution >= 0.6 is 0 Å². The van der Waals surface area contributed by atoms with Crippen molar-refractivity contribution in [3.63, 3.8) is 0 Å². The van der Waals surface area contributed by atoms with Gasteiger partial charge in [-0.1, -0.05) is 172 Å². The van der Waals surface area contributed by atoms with E-state index in [2.05, 4.69) is 95.2 Å².